The fraction of sp³-hybridized carbons (Fsp3) is 0.0667. The third-order valence-corrected chi connectivity index (χ3v) is 4.41. The topological polar surface area (TPSA) is 82.2 Å². The number of aromatic hydroxyl groups is 1. The predicted octanol–water partition coefficient (Wildman–Crippen LogP) is 3.51. The molecule has 0 aliphatic carbocycles. The van der Waals surface area contributed by atoms with E-state index in [1.165, 1.54) is 11.3 Å². The van der Waals surface area contributed by atoms with Crippen molar-refractivity contribution in [2.45, 2.75) is 6.92 Å². The van der Waals surface area contributed by atoms with Gasteiger partial charge in [-0.3, -0.25) is 9.59 Å². The Hall–Kier alpha value is -2.31. The van der Waals surface area contributed by atoms with E-state index in [0.29, 0.717) is 20.9 Å². The average Bonchev–Trinajstić information content (AvgIpc) is 2.90. The van der Waals surface area contributed by atoms with Crippen molar-refractivity contribution in [1.29, 1.82) is 0 Å². The van der Waals surface area contributed by atoms with Crippen molar-refractivity contribution in [2.24, 2.45) is 0 Å². The Morgan fingerprint density at radius 3 is 2.86 bits per heavy atom. The van der Waals surface area contributed by atoms with Gasteiger partial charge in [-0.15, -0.1) is 11.3 Å². The minimum atomic E-state index is -0.667. The molecule has 0 saturated carbocycles. The summed E-state index contributed by atoms with van der Waals surface area (Å²) in [6.07, 6.45) is 0. The van der Waals surface area contributed by atoms with Crippen LogP contribution in [-0.4, -0.2) is 16.0 Å². The summed E-state index contributed by atoms with van der Waals surface area (Å²) < 4.78 is 0.470. The molecule has 0 spiro atoms. The van der Waals surface area contributed by atoms with Gasteiger partial charge in [0, 0.05) is 10.7 Å². The molecule has 22 heavy (non-hydrogen) atoms. The van der Waals surface area contributed by atoms with E-state index in [4.69, 9.17) is 11.6 Å². The van der Waals surface area contributed by atoms with Crippen LogP contribution in [0, 0.1) is 6.92 Å². The van der Waals surface area contributed by atoms with Gasteiger partial charge in [0.1, 0.15) is 5.56 Å². The molecule has 0 fully saturated rings. The maximum Gasteiger partial charge on any atom is 0.265 e. The number of fused-ring (bicyclic) bond motifs is 1. The number of benzene rings is 1. The molecule has 3 rings (SSSR count). The molecule has 0 unspecified atom stereocenters. The lowest BCUT2D eigenvalue weighted by Crippen LogP contribution is -2.23. The molecule has 0 atom stereocenters. The molecule has 1 aromatic carbocycles. The second kappa shape index (κ2) is 5.47. The number of pyridine rings is 1. The lowest BCUT2D eigenvalue weighted by Gasteiger charge is -2.09. The van der Waals surface area contributed by atoms with Crippen molar-refractivity contribution >= 4 is 44.7 Å². The SMILES string of the molecule is Cc1cc(Cl)ccc1NC(=O)c1c(O)c2sccc2[nH]c1=O. The molecule has 0 aliphatic heterocycles. The summed E-state index contributed by atoms with van der Waals surface area (Å²) in [5.41, 5.74) is 0.858. The lowest BCUT2D eigenvalue weighted by atomic mass is 10.1. The van der Waals surface area contributed by atoms with Gasteiger partial charge in [0.05, 0.1) is 10.2 Å². The highest BCUT2D eigenvalue weighted by Gasteiger charge is 2.20. The van der Waals surface area contributed by atoms with Gasteiger partial charge < -0.3 is 15.4 Å². The third-order valence-electron chi connectivity index (χ3n) is 3.26. The molecule has 0 saturated heterocycles. The average molecular weight is 335 g/mol. The van der Waals surface area contributed by atoms with Gasteiger partial charge in [-0.1, -0.05) is 11.6 Å². The Morgan fingerprint density at radius 2 is 2.14 bits per heavy atom. The molecule has 7 heteroatoms. The molecule has 3 N–H and O–H groups in total. The highest BCUT2D eigenvalue weighted by Crippen LogP contribution is 2.30. The zero-order chi connectivity index (χ0) is 15.9. The summed E-state index contributed by atoms with van der Waals surface area (Å²) in [5.74, 6) is -0.975. The fourth-order valence-electron chi connectivity index (χ4n) is 2.16. The van der Waals surface area contributed by atoms with Crippen LogP contribution in [0.3, 0.4) is 0 Å². The summed E-state index contributed by atoms with van der Waals surface area (Å²) in [7, 11) is 0. The van der Waals surface area contributed by atoms with Crippen LogP contribution in [0.15, 0.2) is 34.4 Å². The molecule has 2 aromatic heterocycles. The van der Waals surface area contributed by atoms with Crippen molar-refractivity contribution < 1.29 is 9.90 Å². The van der Waals surface area contributed by atoms with Gasteiger partial charge in [-0.25, -0.2) is 0 Å². The molecule has 1 amide bonds. The maximum absolute atomic E-state index is 12.3. The Labute approximate surface area is 134 Å². The Kier molecular flexibility index (Phi) is 3.64. The van der Waals surface area contributed by atoms with Gasteiger partial charge in [0.15, 0.2) is 5.75 Å². The van der Waals surface area contributed by atoms with Crippen LogP contribution >= 0.6 is 22.9 Å². The first-order valence-electron chi connectivity index (χ1n) is 6.37. The molecule has 112 valence electrons. The van der Waals surface area contributed by atoms with Crippen LogP contribution < -0.4 is 10.9 Å². The van der Waals surface area contributed by atoms with Crippen LogP contribution in [0.25, 0.3) is 10.2 Å². The number of aryl methyl sites for hydroxylation is 1. The minimum absolute atomic E-state index is 0.302. The normalized spacial score (nSPS) is 10.8. The van der Waals surface area contributed by atoms with E-state index < -0.39 is 11.5 Å². The molecular formula is C15H11ClN2O3S. The standard InChI is InChI=1S/C15H11ClN2O3S/c1-7-6-8(16)2-3-9(7)17-14(20)11-12(19)13-10(4-5-22-13)18-15(11)21/h2-6H,1H3,(H,17,20)(H2,18,19,21). The first-order chi connectivity index (χ1) is 10.5. The number of hydrogen-bond acceptors (Lipinski definition) is 4. The minimum Gasteiger partial charge on any atom is -0.505 e. The van der Waals surface area contributed by atoms with E-state index >= 15 is 0 Å². The van der Waals surface area contributed by atoms with Gasteiger partial charge >= 0.3 is 0 Å². The molecule has 2 heterocycles. The van der Waals surface area contributed by atoms with Crippen molar-refractivity contribution in [3.05, 3.63) is 56.1 Å². The number of hydrogen-bond donors (Lipinski definition) is 3. The smallest absolute Gasteiger partial charge is 0.265 e. The molecule has 0 aliphatic rings. The Bertz CT molecular complexity index is 946. The number of anilines is 1. The summed E-state index contributed by atoms with van der Waals surface area (Å²) in [6.45, 7) is 1.79. The molecule has 0 bridgehead atoms. The number of aromatic amines is 1. The molecule has 0 radical (unpaired) electrons. The summed E-state index contributed by atoms with van der Waals surface area (Å²) in [4.78, 5) is 27.0. The van der Waals surface area contributed by atoms with E-state index in [2.05, 4.69) is 10.3 Å². The van der Waals surface area contributed by atoms with Gasteiger partial charge in [0.25, 0.3) is 11.5 Å². The Morgan fingerprint density at radius 1 is 1.36 bits per heavy atom. The number of nitrogens with one attached hydrogen (secondary N) is 2. The van der Waals surface area contributed by atoms with Crippen LogP contribution in [-0.2, 0) is 0 Å². The van der Waals surface area contributed by atoms with E-state index in [0.717, 1.165) is 5.56 Å². The van der Waals surface area contributed by atoms with Crippen LogP contribution in [0.1, 0.15) is 15.9 Å². The number of carbonyl (C=O) groups excluding carboxylic acids is 1. The molecule has 5 nitrogen and oxygen atoms in total. The van der Waals surface area contributed by atoms with Crippen LogP contribution in [0.2, 0.25) is 5.02 Å². The lowest BCUT2D eigenvalue weighted by molar-refractivity contribution is 0.102. The van der Waals surface area contributed by atoms with Crippen LogP contribution in [0.4, 0.5) is 5.69 Å². The second-order valence-electron chi connectivity index (χ2n) is 4.75. The fourth-order valence-corrected chi connectivity index (χ4v) is 3.19. The first-order valence-corrected chi connectivity index (χ1v) is 7.63. The number of thiophene rings is 1. The summed E-state index contributed by atoms with van der Waals surface area (Å²) >= 11 is 7.12. The summed E-state index contributed by atoms with van der Waals surface area (Å²) in [6, 6.07) is 6.65. The second-order valence-corrected chi connectivity index (χ2v) is 6.11. The predicted molar refractivity (Wildman–Crippen MR) is 88.3 cm³/mol. The monoisotopic (exact) mass is 334 g/mol. The van der Waals surface area contributed by atoms with Gasteiger partial charge in [-0.2, -0.15) is 0 Å². The number of amides is 1. The molecular weight excluding hydrogens is 324 g/mol. The number of H-pyrrole nitrogens is 1. The van der Waals surface area contributed by atoms with E-state index in [-0.39, 0.29) is 11.3 Å². The molecule has 3 aromatic rings. The zero-order valence-electron chi connectivity index (χ0n) is 11.4. The number of carbonyl (C=O) groups is 1. The highest BCUT2D eigenvalue weighted by molar-refractivity contribution is 7.17. The van der Waals surface area contributed by atoms with E-state index in [1.807, 2.05) is 0 Å². The third kappa shape index (κ3) is 2.47. The highest BCUT2D eigenvalue weighted by atomic mass is 35.5. The largest absolute Gasteiger partial charge is 0.505 e. The maximum atomic E-state index is 12.3. The quantitative estimate of drug-likeness (QED) is 0.670. The van der Waals surface area contributed by atoms with Crippen molar-refractivity contribution in [3.63, 3.8) is 0 Å². The number of halogens is 1. The van der Waals surface area contributed by atoms with Gasteiger partial charge in [-0.05, 0) is 42.1 Å². The van der Waals surface area contributed by atoms with Gasteiger partial charge in [0.2, 0.25) is 0 Å². The number of aromatic nitrogens is 1. The Balaban J connectivity index is 2.03. The zero-order valence-corrected chi connectivity index (χ0v) is 13.0. The van der Waals surface area contributed by atoms with Crippen molar-refractivity contribution in [1.82, 2.24) is 4.98 Å². The van der Waals surface area contributed by atoms with Crippen LogP contribution in [0.5, 0.6) is 5.75 Å². The van der Waals surface area contributed by atoms with E-state index in [1.54, 1.807) is 36.6 Å². The van der Waals surface area contributed by atoms with Crippen molar-refractivity contribution in [2.75, 3.05) is 5.32 Å². The van der Waals surface area contributed by atoms with Crippen molar-refractivity contribution in [3.8, 4) is 5.75 Å². The number of rotatable bonds is 2. The van der Waals surface area contributed by atoms with E-state index in [9.17, 15) is 14.7 Å². The summed E-state index contributed by atoms with van der Waals surface area (Å²) in [5, 5.41) is 15.1. The first kappa shape index (κ1) is 14.6.